The molecule has 1 aliphatic heterocycles. The second-order valence-electron chi connectivity index (χ2n) is 8.04. The summed E-state index contributed by atoms with van der Waals surface area (Å²) in [4.78, 5) is 19.7. The number of halogens is 1. The third-order valence-corrected chi connectivity index (χ3v) is 5.86. The lowest BCUT2D eigenvalue weighted by atomic mass is 9.93. The van der Waals surface area contributed by atoms with E-state index in [2.05, 4.69) is 6.08 Å². The van der Waals surface area contributed by atoms with Crippen LogP contribution in [0.4, 0.5) is 9.18 Å². The van der Waals surface area contributed by atoms with E-state index in [1.807, 2.05) is 72.8 Å². The second kappa shape index (κ2) is 9.25. The van der Waals surface area contributed by atoms with E-state index in [0.29, 0.717) is 18.5 Å². The lowest BCUT2D eigenvalue weighted by Gasteiger charge is -2.33. The largest absolute Gasteiger partial charge is 0.445 e. The topological polar surface area (TPSA) is 42.4 Å². The van der Waals surface area contributed by atoms with Gasteiger partial charge in [-0.25, -0.2) is 14.2 Å². The summed E-state index contributed by atoms with van der Waals surface area (Å²) in [7, 11) is 0. The third-order valence-electron chi connectivity index (χ3n) is 5.86. The van der Waals surface area contributed by atoms with Gasteiger partial charge in [-0.2, -0.15) is 0 Å². The zero-order valence-electron chi connectivity index (χ0n) is 18.0. The van der Waals surface area contributed by atoms with Gasteiger partial charge in [0.05, 0.1) is 17.3 Å². The number of pyridine rings is 1. The van der Waals surface area contributed by atoms with Crippen molar-refractivity contribution in [2.24, 2.45) is 0 Å². The van der Waals surface area contributed by atoms with Crippen molar-refractivity contribution in [2.45, 2.75) is 19.1 Å². The standard InChI is InChI=1S/C28H23FN2O2/c29-23-15-14-22-17-24(27(30-25(22)18-23)21-11-5-2-6-12-21)26-13-7-8-16-31(26)28(32)33-19-20-9-3-1-4-10-20/h1-12,14-15,17-18,26H,13,16,19H2. The van der Waals surface area contributed by atoms with Crippen molar-refractivity contribution in [3.8, 4) is 11.3 Å². The first kappa shape index (κ1) is 20.9. The van der Waals surface area contributed by atoms with Gasteiger partial charge in [0.25, 0.3) is 0 Å². The van der Waals surface area contributed by atoms with E-state index in [9.17, 15) is 9.18 Å². The van der Waals surface area contributed by atoms with Crippen molar-refractivity contribution in [3.63, 3.8) is 0 Å². The zero-order valence-corrected chi connectivity index (χ0v) is 18.0. The van der Waals surface area contributed by atoms with Crippen LogP contribution < -0.4 is 0 Å². The van der Waals surface area contributed by atoms with E-state index >= 15 is 0 Å². The molecule has 33 heavy (non-hydrogen) atoms. The summed E-state index contributed by atoms with van der Waals surface area (Å²) >= 11 is 0. The molecule has 4 aromatic rings. The number of carbonyl (C=O) groups is 1. The summed E-state index contributed by atoms with van der Waals surface area (Å²) in [5.41, 5.74) is 4.11. The molecule has 0 bridgehead atoms. The SMILES string of the molecule is O=C(OCc1ccccc1)N1CC=CCC1c1cc2ccc(F)cc2nc1-c1ccccc1. The molecule has 1 unspecified atom stereocenters. The van der Waals surface area contributed by atoms with Gasteiger partial charge < -0.3 is 4.74 Å². The molecule has 0 spiro atoms. The van der Waals surface area contributed by atoms with Crippen LogP contribution in [0.2, 0.25) is 0 Å². The normalized spacial score (nSPS) is 15.5. The highest BCUT2D eigenvalue weighted by Crippen LogP contribution is 2.36. The van der Waals surface area contributed by atoms with Crippen LogP contribution >= 0.6 is 0 Å². The average molecular weight is 439 g/mol. The van der Waals surface area contributed by atoms with E-state index in [1.54, 1.807) is 11.0 Å². The zero-order chi connectivity index (χ0) is 22.6. The Morgan fingerprint density at radius 3 is 2.52 bits per heavy atom. The van der Waals surface area contributed by atoms with Crippen molar-refractivity contribution in [3.05, 3.63) is 114 Å². The number of aromatic nitrogens is 1. The van der Waals surface area contributed by atoms with Crippen LogP contribution in [0.15, 0.2) is 97.1 Å². The molecule has 0 aliphatic carbocycles. The number of hydrogen-bond donors (Lipinski definition) is 0. The van der Waals surface area contributed by atoms with Gasteiger partial charge in [-0.3, -0.25) is 4.90 Å². The number of amides is 1. The fraction of sp³-hybridized carbons (Fsp3) is 0.143. The number of fused-ring (bicyclic) bond motifs is 1. The van der Waals surface area contributed by atoms with Gasteiger partial charge in [-0.1, -0.05) is 72.8 Å². The number of ether oxygens (including phenoxy) is 1. The second-order valence-corrected chi connectivity index (χ2v) is 8.04. The van der Waals surface area contributed by atoms with E-state index < -0.39 is 0 Å². The number of carbonyl (C=O) groups excluding carboxylic acids is 1. The van der Waals surface area contributed by atoms with Crippen molar-refractivity contribution in [2.75, 3.05) is 6.54 Å². The molecule has 1 amide bonds. The van der Waals surface area contributed by atoms with Crippen molar-refractivity contribution < 1.29 is 13.9 Å². The molecular formula is C28H23FN2O2. The summed E-state index contributed by atoms with van der Waals surface area (Å²) in [6.45, 7) is 0.668. The average Bonchev–Trinajstić information content (AvgIpc) is 2.87. The first-order chi connectivity index (χ1) is 16.2. The van der Waals surface area contributed by atoms with Gasteiger partial charge >= 0.3 is 6.09 Å². The minimum Gasteiger partial charge on any atom is -0.445 e. The van der Waals surface area contributed by atoms with Gasteiger partial charge in [0.15, 0.2) is 0 Å². The fourth-order valence-electron chi connectivity index (χ4n) is 4.20. The number of hydrogen-bond acceptors (Lipinski definition) is 3. The maximum absolute atomic E-state index is 13.9. The van der Waals surface area contributed by atoms with E-state index in [0.717, 1.165) is 27.8 Å². The monoisotopic (exact) mass is 438 g/mol. The lowest BCUT2D eigenvalue weighted by Crippen LogP contribution is -2.37. The van der Waals surface area contributed by atoms with Crippen LogP contribution in [-0.2, 0) is 11.3 Å². The van der Waals surface area contributed by atoms with Gasteiger partial charge in [0.2, 0.25) is 0 Å². The molecule has 1 aromatic heterocycles. The molecule has 3 aromatic carbocycles. The Balaban J connectivity index is 1.53. The predicted octanol–water partition coefficient (Wildman–Crippen LogP) is 6.68. The minimum absolute atomic E-state index is 0.216. The molecule has 1 aliphatic rings. The Hall–Kier alpha value is -3.99. The predicted molar refractivity (Wildman–Crippen MR) is 127 cm³/mol. The molecule has 2 heterocycles. The Morgan fingerprint density at radius 2 is 1.73 bits per heavy atom. The number of rotatable bonds is 4. The molecule has 5 heteroatoms. The van der Waals surface area contributed by atoms with Crippen molar-refractivity contribution >= 4 is 17.0 Å². The number of benzene rings is 3. The first-order valence-electron chi connectivity index (χ1n) is 11.0. The van der Waals surface area contributed by atoms with Gasteiger partial charge in [0.1, 0.15) is 12.4 Å². The molecular weight excluding hydrogens is 415 g/mol. The molecule has 0 saturated carbocycles. The molecule has 5 rings (SSSR count). The van der Waals surface area contributed by atoms with Crippen LogP contribution in [0.25, 0.3) is 22.2 Å². The highest BCUT2D eigenvalue weighted by Gasteiger charge is 2.30. The minimum atomic E-state index is -0.369. The van der Waals surface area contributed by atoms with Crippen molar-refractivity contribution in [1.29, 1.82) is 0 Å². The molecule has 0 saturated heterocycles. The third kappa shape index (κ3) is 4.48. The van der Waals surface area contributed by atoms with Crippen LogP contribution in [-0.4, -0.2) is 22.5 Å². The molecule has 0 N–H and O–H groups in total. The highest BCUT2D eigenvalue weighted by molar-refractivity contribution is 5.84. The Labute approximate surface area is 192 Å². The summed E-state index contributed by atoms with van der Waals surface area (Å²) in [6.07, 6.45) is 4.34. The number of nitrogens with zero attached hydrogens (tertiary/aromatic N) is 2. The summed E-state index contributed by atoms with van der Waals surface area (Å²) < 4.78 is 19.6. The van der Waals surface area contributed by atoms with E-state index in [-0.39, 0.29) is 24.6 Å². The molecule has 0 radical (unpaired) electrons. The smallest absolute Gasteiger partial charge is 0.410 e. The van der Waals surface area contributed by atoms with E-state index in [4.69, 9.17) is 9.72 Å². The van der Waals surface area contributed by atoms with Gasteiger partial charge in [-0.15, -0.1) is 0 Å². The van der Waals surface area contributed by atoms with Crippen LogP contribution in [0, 0.1) is 5.82 Å². The van der Waals surface area contributed by atoms with E-state index in [1.165, 1.54) is 12.1 Å². The maximum atomic E-state index is 13.9. The Kier molecular flexibility index (Phi) is 5.85. The van der Waals surface area contributed by atoms with Crippen molar-refractivity contribution in [1.82, 2.24) is 9.88 Å². The van der Waals surface area contributed by atoms with Gasteiger partial charge in [0, 0.05) is 29.1 Å². The quantitative estimate of drug-likeness (QED) is 0.334. The summed E-state index contributed by atoms with van der Waals surface area (Å²) in [5.74, 6) is -0.325. The Bertz CT molecular complexity index is 1310. The fourth-order valence-corrected chi connectivity index (χ4v) is 4.20. The van der Waals surface area contributed by atoms with Crippen LogP contribution in [0.1, 0.15) is 23.6 Å². The molecule has 1 atom stereocenters. The highest BCUT2D eigenvalue weighted by atomic mass is 19.1. The van der Waals surface area contributed by atoms with Crippen LogP contribution in [0.3, 0.4) is 0 Å². The summed E-state index contributed by atoms with van der Waals surface area (Å²) in [6, 6.07) is 25.8. The van der Waals surface area contributed by atoms with Crippen LogP contribution in [0.5, 0.6) is 0 Å². The van der Waals surface area contributed by atoms with Gasteiger partial charge in [-0.05, 0) is 30.2 Å². The lowest BCUT2D eigenvalue weighted by molar-refractivity contribution is 0.0833. The molecule has 0 fully saturated rings. The summed E-state index contributed by atoms with van der Waals surface area (Å²) in [5, 5.41) is 0.832. The molecule has 4 nitrogen and oxygen atoms in total. The Morgan fingerprint density at radius 1 is 0.970 bits per heavy atom. The molecule has 164 valence electrons. The first-order valence-corrected chi connectivity index (χ1v) is 11.0. The maximum Gasteiger partial charge on any atom is 0.410 e.